The van der Waals surface area contributed by atoms with Crippen LogP contribution in [0, 0.1) is 6.92 Å². The highest BCUT2D eigenvalue weighted by atomic mass is 15.2. The van der Waals surface area contributed by atoms with Gasteiger partial charge in [-0.2, -0.15) is 0 Å². The number of pyridine rings is 1. The standard InChI is InChI=1S/C16H24N4/c1-3-19-9-6-7-14(19)11-17-12-15-13(2)18-16-8-4-5-10-20(15)16/h4-5,8,10,14,17H,3,6-7,9,11-12H2,1-2H3. The van der Waals surface area contributed by atoms with Gasteiger partial charge in [0, 0.05) is 25.3 Å². The number of aryl methyl sites for hydroxylation is 1. The fourth-order valence-corrected chi connectivity index (χ4v) is 3.28. The predicted octanol–water partition coefficient (Wildman–Crippen LogP) is 2.22. The van der Waals surface area contributed by atoms with E-state index in [9.17, 15) is 0 Å². The first-order chi connectivity index (χ1) is 9.79. The number of hydrogen-bond donors (Lipinski definition) is 1. The molecule has 0 radical (unpaired) electrons. The average Bonchev–Trinajstić information content (AvgIpc) is 3.03. The predicted molar refractivity (Wildman–Crippen MR) is 81.9 cm³/mol. The van der Waals surface area contributed by atoms with Crippen molar-refractivity contribution in [2.45, 2.75) is 39.3 Å². The third-order valence-corrected chi connectivity index (χ3v) is 4.41. The minimum Gasteiger partial charge on any atom is -0.310 e. The Balaban J connectivity index is 1.64. The van der Waals surface area contributed by atoms with Crippen molar-refractivity contribution in [2.75, 3.05) is 19.6 Å². The van der Waals surface area contributed by atoms with Crippen LogP contribution in [-0.2, 0) is 6.54 Å². The van der Waals surface area contributed by atoms with E-state index in [1.165, 1.54) is 31.6 Å². The molecule has 0 bridgehead atoms. The highest BCUT2D eigenvalue weighted by Gasteiger charge is 2.22. The fraction of sp³-hybridized carbons (Fsp3) is 0.562. The van der Waals surface area contributed by atoms with Crippen LogP contribution in [0.25, 0.3) is 5.65 Å². The van der Waals surface area contributed by atoms with Crippen LogP contribution in [0.3, 0.4) is 0 Å². The fourth-order valence-electron chi connectivity index (χ4n) is 3.28. The molecule has 1 fully saturated rings. The molecule has 2 aromatic heterocycles. The highest BCUT2D eigenvalue weighted by Crippen LogP contribution is 2.16. The normalized spacial score (nSPS) is 20.0. The third-order valence-electron chi connectivity index (χ3n) is 4.41. The van der Waals surface area contributed by atoms with Gasteiger partial charge < -0.3 is 9.72 Å². The number of rotatable bonds is 5. The lowest BCUT2D eigenvalue weighted by Crippen LogP contribution is -2.37. The van der Waals surface area contributed by atoms with Crippen LogP contribution in [0.1, 0.15) is 31.2 Å². The van der Waals surface area contributed by atoms with E-state index in [1.807, 2.05) is 6.07 Å². The zero-order valence-corrected chi connectivity index (χ0v) is 12.5. The largest absolute Gasteiger partial charge is 0.310 e. The molecule has 0 amide bonds. The summed E-state index contributed by atoms with van der Waals surface area (Å²) >= 11 is 0. The second-order valence-corrected chi connectivity index (χ2v) is 5.63. The first kappa shape index (κ1) is 13.6. The van der Waals surface area contributed by atoms with Gasteiger partial charge >= 0.3 is 0 Å². The van der Waals surface area contributed by atoms with Gasteiger partial charge in [0.15, 0.2) is 0 Å². The second-order valence-electron chi connectivity index (χ2n) is 5.63. The first-order valence-corrected chi connectivity index (χ1v) is 7.67. The molecule has 4 heteroatoms. The van der Waals surface area contributed by atoms with Crippen molar-refractivity contribution < 1.29 is 0 Å². The molecule has 1 aliphatic heterocycles. The Morgan fingerprint density at radius 3 is 3.15 bits per heavy atom. The summed E-state index contributed by atoms with van der Waals surface area (Å²) in [6.45, 7) is 8.75. The maximum absolute atomic E-state index is 4.61. The lowest BCUT2D eigenvalue weighted by atomic mass is 10.2. The molecule has 0 aliphatic carbocycles. The molecule has 0 saturated carbocycles. The van der Waals surface area contributed by atoms with Crippen molar-refractivity contribution in [3.8, 4) is 0 Å². The average molecular weight is 272 g/mol. The Kier molecular flexibility index (Phi) is 4.03. The Hall–Kier alpha value is -1.39. The summed E-state index contributed by atoms with van der Waals surface area (Å²) in [5.74, 6) is 0. The molecule has 3 rings (SSSR count). The Morgan fingerprint density at radius 2 is 2.30 bits per heavy atom. The topological polar surface area (TPSA) is 32.6 Å². The van der Waals surface area contributed by atoms with Crippen molar-refractivity contribution in [3.05, 3.63) is 35.8 Å². The zero-order valence-electron chi connectivity index (χ0n) is 12.5. The maximum atomic E-state index is 4.61. The van der Waals surface area contributed by atoms with E-state index in [0.29, 0.717) is 6.04 Å². The number of likely N-dealkylation sites (tertiary alicyclic amines) is 1. The van der Waals surface area contributed by atoms with Crippen molar-refractivity contribution in [3.63, 3.8) is 0 Å². The van der Waals surface area contributed by atoms with Gasteiger partial charge in [-0.25, -0.2) is 4.98 Å². The van der Waals surface area contributed by atoms with Crippen LogP contribution >= 0.6 is 0 Å². The van der Waals surface area contributed by atoms with Crippen LogP contribution in [0.15, 0.2) is 24.4 Å². The number of likely N-dealkylation sites (N-methyl/N-ethyl adjacent to an activating group) is 1. The van der Waals surface area contributed by atoms with Gasteiger partial charge in [0.2, 0.25) is 0 Å². The first-order valence-electron chi connectivity index (χ1n) is 7.67. The maximum Gasteiger partial charge on any atom is 0.137 e. The molecule has 0 aromatic carbocycles. The molecular weight excluding hydrogens is 248 g/mol. The molecular formula is C16H24N4. The van der Waals surface area contributed by atoms with Crippen molar-refractivity contribution in [2.24, 2.45) is 0 Å². The van der Waals surface area contributed by atoms with Crippen LogP contribution in [0.4, 0.5) is 0 Å². The second kappa shape index (κ2) is 5.94. The molecule has 20 heavy (non-hydrogen) atoms. The summed E-state index contributed by atoms with van der Waals surface area (Å²) in [5.41, 5.74) is 3.45. The third kappa shape index (κ3) is 2.58. The van der Waals surface area contributed by atoms with E-state index in [4.69, 9.17) is 0 Å². The van der Waals surface area contributed by atoms with Gasteiger partial charge in [-0.3, -0.25) is 4.90 Å². The minimum atomic E-state index is 0.708. The van der Waals surface area contributed by atoms with Gasteiger partial charge in [0.1, 0.15) is 5.65 Å². The van der Waals surface area contributed by atoms with Gasteiger partial charge in [-0.1, -0.05) is 13.0 Å². The Bertz CT molecular complexity index is 575. The summed E-state index contributed by atoms with van der Waals surface area (Å²) in [4.78, 5) is 7.18. The zero-order chi connectivity index (χ0) is 13.9. The van der Waals surface area contributed by atoms with Gasteiger partial charge in [0.25, 0.3) is 0 Å². The summed E-state index contributed by atoms with van der Waals surface area (Å²) in [5, 5.41) is 3.62. The molecule has 1 aliphatic rings. The Labute approximate surface area is 120 Å². The van der Waals surface area contributed by atoms with Crippen LogP contribution in [0.2, 0.25) is 0 Å². The molecule has 108 valence electrons. The van der Waals surface area contributed by atoms with Crippen LogP contribution in [0.5, 0.6) is 0 Å². The van der Waals surface area contributed by atoms with E-state index in [1.54, 1.807) is 0 Å². The SMILES string of the molecule is CCN1CCCC1CNCc1c(C)nc2ccccn12. The van der Waals surface area contributed by atoms with Crippen LogP contribution in [-0.4, -0.2) is 40.0 Å². The quantitative estimate of drug-likeness (QED) is 0.906. The molecule has 2 aromatic rings. The lowest BCUT2D eigenvalue weighted by molar-refractivity contribution is 0.259. The smallest absolute Gasteiger partial charge is 0.137 e. The van der Waals surface area contributed by atoms with E-state index in [-0.39, 0.29) is 0 Å². The highest BCUT2D eigenvalue weighted by molar-refractivity contribution is 5.42. The van der Waals surface area contributed by atoms with Crippen molar-refractivity contribution in [1.29, 1.82) is 0 Å². The van der Waals surface area contributed by atoms with Crippen molar-refractivity contribution >= 4 is 5.65 Å². The monoisotopic (exact) mass is 272 g/mol. The number of hydrogen-bond acceptors (Lipinski definition) is 3. The van der Waals surface area contributed by atoms with E-state index in [0.717, 1.165) is 24.4 Å². The van der Waals surface area contributed by atoms with E-state index >= 15 is 0 Å². The van der Waals surface area contributed by atoms with Crippen molar-refractivity contribution in [1.82, 2.24) is 19.6 Å². The summed E-state index contributed by atoms with van der Waals surface area (Å²) < 4.78 is 2.19. The van der Waals surface area contributed by atoms with Gasteiger partial charge in [0.05, 0.1) is 11.4 Å². The molecule has 3 heterocycles. The van der Waals surface area contributed by atoms with E-state index < -0.39 is 0 Å². The van der Waals surface area contributed by atoms with Gasteiger partial charge in [-0.15, -0.1) is 0 Å². The molecule has 1 unspecified atom stereocenters. The molecule has 1 saturated heterocycles. The molecule has 4 nitrogen and oxygen atoms in total. The molecule has 0 spiro atoms. The summed E-state index contributed by atoms with van der Waals surface area (Å²) in [6, 6.07) is 6.87. The number of imidazole rings is 1. The Morgan fingerprint density at radius 1 is 1.40 bits per heavy atom. The molecule has 1 N–H and O–H groups in total. The number of aromatic nitrogens is 2. The number of fused-ring (bicyclic) bond motifs is 1. The van der Waals surface area contributed by atoms with E-state index in [2.05, 4.69) is 51.8 Å². The van der Waals surface area contributed by atoms with Gasteiger partial charge in [-0.05, 0) is 45.0 Å². The number of nitrogens with one attached hydrogen (secondary N) is 1. The van der Waals surface area contributed by atoms with Crippen LogP contribution < -0.4 is 5.32 Å². The summed E-state index contributed by atoms with van der Waals surface area (Å²) in [7, 11) is 0. The minimum absolute atomic E-state index is 0.708. The lowest BCUT2D eigenvalue weighted by Gasteiger charge is -2.23. The summed E-state index contributed by atoms with van der Waals surface area (Å²) in [6.07, 6.45) is 4.77. The molecule has 1 atom stereocenters. The number of nitrogens with zero attached hydrogens (tertiary/aromatic N) is 3.